The van der Waals surface area contributed by atoms with Crippen LogP contribution in [0, 0.1) is 0 Å². The molecule has 3 rings (SSSR count). The van der Waals surface area contributed by atoms with Gasteiger partial charge in [0.15, 0.2) is 0 Å². The van der Waals surface area contributed by atoms with Crippen molar-refractivity contribution >= 4 is 11.9 Å². The van der Waals surface area contributed by atoms with Gasteiger partial charge in [-0.15, -0.1) is 0 Å². The summed E-state index contributed by atoms with van der Waals surface area (Å²) in [5, 5.41) is 17.8. The quantitative estimate of drug-likeness (QED) is 0.583. The van der Waals surface area contributed by atoms with Crippen LogP contribution in [-0.2, 0) is 26.4 Å². The van der Waals surface area contributed by atoms with E-state index in [1.54, 1.807) is 19.5 Å². The van der Waals surface area contributed by atoms with Crippen molar-refractivity contribution in [2.75, 3.05) is 7.11 Å². The number of pyridine rings is 3. The van der Waals surface area contributed by atoms with Crippen LogP contribution in [0.25, 0.3) is 22.8 Å². The molecule has 0 saturated heterocycles. The van der Waals surface area contributed by atoms with Crippen LogP contribution in [0.1, 0.15) is 13.8 Å². The molecule has 0 aromatic carbocycles. The number of methoxy groups -OCH3 is 1. The molecule has 9 heteroatoms. The Balaban J connectivity index is 0.000000752. The van der Waals surface area contributed by atoms with Gasteiger partial charge in [0.2, 0.25) is 0 Å². The van der Waals surface area contributed by atoms with Crippen molar-refractivity contribution in [1.29, 1.82) is 0 Å². The fourth-order valence-corrected chi connectivity index (χ4v) is 1.91. The van der Waals surface area contributed by atoms with Gasteiger partial charge in [0.25, 0.3) is 0 Å². The second-order valence-electron chi connectivity index (χ2n) is 5.19. The number of carboxylic acids is 2. The van der Waals surface area contributed by atoms with E-state index in [1.807, 2.05) is 48.5 Å². The minimum Gasteiger partial charge on any atom is -0.550 e. The van der Waals surface area contributed by atoms with Gasteiger partial charge in [-0.1, -0.05) is 12.1 Å². The van der Waals surface area contributed by atoms with Crippen LogP contribution in [0.3, 0.4) is 0 Å². The first-order valence-corrected chi connectivity index (χ1v) is 8.07. The summed E-state index contributed by atoms with van der Waals surface area (Å²) in [5.74, 6) is -1.43. The van der Waals surface area contributed by atoms with Gasteiger partial charge in [0.05, 0.1) is 29.9 Å². The second kappa shape index (κ2) is 13.8. The van der Waals surface area contributed by atoms with Crippen LogP contribution in [0.2, 0.25) is 0 Å². The van der Waals surface area contributed by atoms with Crippen molar-refractivity contribution < 1.29 is 41.3 Å². The summed E-state index contributed by atoms with van der Waals surface area (Å²) in [6.45, 7) is 1.94. The molecule has 0 spiro atoms. The number of aliphatic carboxylic acids is 2. The maximum Gasteiger partial charge on any atom is 2.00 e. The third-order valence-corrected chi connectivity index (χ3v) is 2.89. The number of hydrogen-bond acceptors (Lipinski definition) is 8. The van der Waals surface area contributed by atoms with Crippen LogP contribution in [0.15, 0.2) is 60.9 Å². The predicted octanol–water partition coefficient (Wildman–Crippen LogP) is 0.724. The molecule has 0 saturated carbocycles. The Labute approximate surface area is 178 Å². The Morgan fingerprint density at radius 1 is 0.793 bits per heavy atom. The monoisotopic (exact) mass is 440 g/mol. The van der Waals surface area contributed by atoms with E-state index in [0.717, 1.165) is 42.4 Å². The van der Waals surface area contributed by atoms with E-state index in [1.165, 1.54) is 0 Å². The van der Waals surface area contributed by atoms with E-state index < -0.39 is 11.9 Å². The maximum atomic E-state index is 8.89. The largest absolute Gasteiger partial charge is 2.00 e. The van der Waals surface area contributed by atoms with Crippen LogP contribution >= 0.6 is 0 Å². The minimum atomic E-state index is -1.08. The average molecular weight is 440 g/mol. The summed E-state index contributed by atoms with van der Waals surface area (Å²) >= 11 is 0. The number of carboxylic acid groups (broad SMARTS) is 2. The first-order chi connectivity index (χ1) is 13.3. The van der Waals surface area contributed by atoms with E-state index in [9.17, 15) is 0 Å². The molecule has 0 fully saturated rings. The molecular weight excluding hydrogens is 421 g/mol. The number of hydrogen-bond donors (Lipinski definition) is 0. The molecule has 0 aliphatic rings. The Kier molecular flexibility index (Phi) is 12.2. The average Bonchev–Trinajstić information content (AvgIpc) is 2.68. The molecule has 3 heterocycles. The normalized spacial score (nSPS) is 8.79. The zero-order chi connectivity index (χ0) is 20.9. The molecule has 0 aliphatic carbocycles. The predicted molar refractivity (Wildman–Crippen MR) is 98.6 cm³/mol. The zero-order valence-electron chi connectivity index (χ0n) is 16.0. The van der Waals surface area contributed by atoms with Gasteiger partial charge in [-0.3, -0.25) is 9.97 Å². The Bertz CT molecular complexity index is 815. The molecule has 1 radical (unpaired) electrons. The standard InChI is InChI=1S/C16H13N3O.2C2H4O2.Co/c1-20-12-10-15(13-6-2-4-8-17-13)19-16(11-12)14-7-3-5-9-18-14;2*1-2(3)4;/h2-11H,1H3;2*1H3,(H,3,4);/q;;;+2/p-2. The topological polar surface area (TPSA) is 128 Å². The van der Waals surface area contributed by atoms with Crippen molar-refractivity contribution in [2.45, 2.75) is 13.8 Å². The van der Waals surface area contributed by atoms with E-state index in [2.05, 4.69) is 15.0 Å². The summed E-state index contributed by atoms with van der Waals surface area (Å²) in [4.78, 5) is 31.0. The van der Waals surface area contributed by atoms with Gasteiger partial charge in [-0.25, -0.2) is 4.98 Å². The van der Waals surface area contributed by atoms with Gasteiger partial charge in [-0.05, 0) is 38.1 Å². The minimum absolute atomic E-state index is 0. The van der Waals surface area contributed by atoms with Gasteiger partial charge in [0.1, 0.15) is 5.75 Å². The Hall–Kier alpha value is -3.30. The smallest absolute Gasteiger partial charge is 0.550 e. The van der Waals surface area contributed by atoms with E-state index >= 15 is 0 Å². The molecule has 0 bridgehead atoms. The summed E-state index contributed by atoms with van der Waals surface area (Å²) in [5.41, 5.74) is 3.16. The number of ether oxygens (including phenoxy) is 1. The second-order valence-corrected chi connectivity index (χ2v) is 5.19. The molecule has 8 nitrogen and oxygen atoms in total. The third-order valence-electron chi connectivity index (χ3n) is 2.89. The van der Waals surface area contributed by atoms with E-state index in [-0.39, 0.29) is 16.8 Å². The van der Waals surface area contributed by atoms with Gasteiger partial charge in [-0.2, -0.15) is 0 Å². The molecule has 0 unspecified atom stereocenters. The zero-order valence-corrected chi connectivity index (χ0v) is 17.0. The molecule has 153 valence electrons. The fraction of sp³-hybridized carbons (Fsp3) is 0.150. The molecular formula is C20H19CoN3O5. The fourth-order valence-electron chi connectivity index (χ4n) is 1.91. The molecule has 0 atom stereocenters. The molecule has 29 heavy (non-hydrogen) atoms. The SMILES string of the molecule is CC(=O)[O-].CC(=O)[O-].COc1cc(-c2ccccn2)nc(-c2ccccn2)c1.[Co+2]. The van der Waals surface area contributed by atoms with E-state index in [4.69, 9.17) is 24.5 Å². The van der Waals surface area contributed by atoms with Crippen molar-refractivity contribution in [1.82, 2.24) is 15.0 Å². The van der Waals surface area contributed by atoms with Crippen molar-refractivity contribution in [3.8, 4) is 28.5 Å². The van der Waals surface area contributed by atoms with Crippen molar-refractivity contribution in [2.24, 2.45) is 0 Å². The molecule has 0 N–H and O–H groups in total. The number of rotatable bonds is 3. The van der Waals surface area contributed by atoms with Gasteiger partial charge in [0, 0.05) is 36.5 Å². The molecule has 3 aromatic rings. The van der Waals surface area contributed by atoms with Crippen molar-refractivity contribution in [3.63, 3.8) is 0 Å². The number of carbonyl (C=O) groups is 2. The first kappa shape index (κ1) is 25.7. The molecule has 0 amide bonds. The van der Waals surface area contributed by atoms with Gasteiger partial charge < -0.3 is 24.5 Å². The molecule has 3 aromatic heterocycles. The Morgan fingerprint density at radius 2 is 1.17 bits per heavy atom. The Morgan fingerprint density at radius 3 is 1.45 bits per heavy atom. The first-order valence-electron chi connectivity index (χ1n) is 8.07. The van der Waals surface area contributed by atoms with Crippen molar-refractivity contribution in [3.05, 3.63) is 60.9 Å². The van der Waals surface area contributed by atoms with Crippen LogP contribution in [0.5, 0.6) is 5.75 Å². The summed E-state index contributed by atoms with van der Waals surface area (Å²) in [6, 6.07) is 15.2. The third kappa shape index (κ3) is 10.6. The van der Waals surface area contributed by atoms with E-state index in [0.29, 0.717) is 0 Å². The summed E-state index contributed by atoms with van der Waals surface area (Å²) in [6.07, 6.45) is 3.49. The van der Waals surface area contributed by atoms with Crippen LogP contribution in [0.4, 0.5) is 0 Å². The maximum absolute atomic E-state index is 8.89. The summed E-state index contributed by atoms with van der Waals surface area (Å²) in [7, 11) is 1.64. The van der Waals surface area contributed by atoms with Crippen LogP contribution in [-0.4, -0.2) is 34.0 Å². The number of aromatic nitrogens is 3. The number of nitrogens with zero attached hydrogens (tertiary/aromatic N) is 3. The molecule has 0 aliphatic heterocycles. The summed E-state index contributed by atoms with van der Waals surface area (Å²) < 4.78 is 5.34. The number of carbonyl (C=O) groups excluding carboxylic acids is 2. The van der Waals surface area contributed by atoms with Crippen LogP contribution < -0.4 is 14.9 Å². The van der Waals surface area contributed by atoms with Gasteiger partial charge >= 0.3 is 16.8 Å².